The van der Waals surface area contributed by atoms with Gasteiger partial charge in [-0.3, -0.25) is 4.31 Å². The van der Waals surface area contributed by atoms with Gasteiger partial charge < -0.3 is 9.73 Å². The van der Waals surface area contributed by atoms with Gasteiger partial charge >= 0.3 is 0 Å². The monoisotopic (exact) mass is 357 g/mol. The van der Waals surface area contributed by atoms with Gasteiger partial charge in [-0.25, -0.2) is 13.4 Å². The van der Waals surface area contributed by atoms with Crippen LogP contribution < -0.4 is 9.62 Å². The van der Waals surface area contributed by atoms with Crippen LogP contribution in [0.4, 0.5) is 11.5 Å². The molecule has 0 bridgehead atoms. The molecule has 3 aromatic rings. The Bertz CT molecular complexity index is 893. The van der Waals surface area contributed by atoms with E-state index in [4.69, 9.17) is 4.42 Å². The van der Waals surface area contributed by atoms with Crippen LogP contribution >= 0.6 is 0 Å². The van der Waals surface area contributed by atoms with Crippen molar-refractivity contribution in [2.45, 2.75) is 18.4 Å². The number of furan rings is 1. The van der Waals surface area contributed by atoms with Gasteiger partial charge in [0, 0.05) is 12.7 Å². The molecule has 0 unspecified atom stereocenters. The maximum Gasteiger partial charge on any atom is 0.265 e. The molecule has 0 spiro atoms. The molecule has 3 rings (SSSR count). The zero-order valence-corrected chi connectivity index (χ0v) is 14.6. The van der Waals surface area contributed by atoms with Crippen LogP contribution in [0.2, 0.25) is 0 Å². The van der Waals surface area contributed by atoms with Crippen LogP contribution in [-0.4, -0.2) is 19.9 Å². The molecule has 7 heteroatoms. The Balaban J connectivity index is 1.78. The highest BCUT2D eigenvalue weighted by Gasteiger charge is 2.23. The number of aromatic nitrogens is 1. The molecule has 0 radical (unpaired) electrons. The van der Waals surface area contributed by atoms with Crippen LogP contribution in [0.15, 0.2) is 76.4 Å². The van der Waals surface area contributed by atoms with Crippen LogP contribution in [0, 0.1) is 0 Å². The number of sulfonamides is 1. The van der Waals surface area contributed by atoms with E-state index in [2.05, 4.69) is 10.3 Å². The number of hydrogen-bond acceptors (Lipinski definition) is 5. The fraction of sp³-hybridized carbons (Fsp3) is 0.167. The minimum atomic E-state index is -3.65. The molecule has 0 fully saturated rings. The van der Waals surface area contributed by atoms with E-state index >= 15 is 0 Å². The summed E-state index contributed by atoms with van der Waals surface area (Å²) in [5, 5.41) is 3.09. The Labute approximate surface area is 147 Å². The minimum absolute atomic E-state index is 0.154. The standard InChI is InChI=1S/C18H19N3O3S/c1-2-21(15-7-4-3-5-8-15)25(22,23)17-10-11-18(20-14-17)19-13-16-9-6-12-24-16/h3-12,14H,2,13H2,1H3,(H,19,20). The third-order valence-electron chi connectivity index (χ3n) is 3.68. The Morgan fingerprint density at radius 1 is 1.08 bits per heavy atom. The lowest BCUT2D eigenvalue weighted by Crippen LogP contribution is -2.30. The summed E-state index contributed by atoms with van der Waals surface area (Å²) in [7, 11) is -3.65. The van der Waals surface area contributed by atoms with Gasteiger partial charge in [0.05, 0.1) is 18.5 Å². The number of anilines is 2. The molecule has 25 heavy (non-hydrogen) atoms. The summed E-state index contributed by atoms with van der Waals surface area (Å²) in [4.78, 5) is 4.35. The first-order chi connectivity index (χ1) is 12.1. The first kappa shape index (κ1) is 17.0. The van der Waals surface area contributed by atoms with Crippen molar-refractivity contribution in [3.05, 3.63) is 72.8 Å². The zero-order chi connectivity index (χ0) is 17.7. The van der Waals surface area contributed by atoms with Gasteiger partial charge in [-0.15, -0.1) is 0 Å². The SMILES string of the molecule is CCN(c1ccccc1)S(=O)(=O)c1ccc(NCc2ccco2)nc1. The molecule has 0 aliphatic carbocycles. The minimum Gasteiger partial charge on any atom is -0.467 e. The summed E-state index contributed by atoms with van der Waals surface area (Å²) in [5.74, 6) is 1.36. The van der Waals surface area contributed by atoms with E-state index in [1.807, 2.05) is 30.3 Å². The van der Waals surface area contributed by atoms with Crippen molar-refractivity contribution in [1.29, 1.82) is 0 Å². The molecular formula is C18H19N3O3S. The van der Waals surface area contributed by atoms with E-state index in [-0.39, 0.29) is 4.90 Å². The van der Waals surface area contributed by atoms with E-state index in [9.17, 15) is 8.42 Å². The molecule has 130 valence electrons. The quantitative estimate of drug-likeness (QED) is 0.700. The van der Waals surface area contributed by atoms with Gasteiger partial charge in [-0.05, 0) is 43.3 Å². The Morgan fingerprint density at radius 2 is 1.88 bits per heavy atom. The summed E-state index contributed by atoms with van der Waals surface area (Å²) in [6, 6.07) is 15.9. The smallest absolute Gasteiger partial charge is 0.265 e. The molecule has 0 atom stereocenters. The fourth-order valence-electron chi connectivity index (χ4n) is 2.44. The number of nitrogens with zero attached hydrogens (tertiary/aromatic N) is 2. The first-order valence-electron chi connectivity index (χ1n) is 7.91. The van der Waals surface area contributed by atoms with E-state index in [1.54, 1.807) is 37.5 Å². The molecule has 0 saturated carbocycles. The highest BCUT2D eigenvalue weighted by atomic mass is 32.2. The number of pyridine rings is 1. The van der Waals surface area contributed by atoms with Crippen molar-refractivity contribution < 1.29 is 12.8 Å². The maximum absolute atomic E-state index is 12.9. The summed E-state index contributed by atoms with van der Waals surface area (Å²) in [5.41, 5.74) is 0.630. The number of hydrogen-bond donors (Lipinski definition) is 1. The molecule has 1 N–H and O–H groups in total. The van der Waals surface area contributed by atoms with Crippen LogP contribution in [0.1, 0.15) is 12.7 Å². The lowest BCUT2D eigenvalue weighted by molar-refractivity contribution is 0.518. The maximum atomic E-state index is 12.9. The second-order valence-electron chi connectivity index (χ2n) is 5.32. The van der Waals surface area contributed by atoms with Crippen molar-refractivity contribution in [2.75, 3.05) is 16.2 Å². The Morgan fingerprint density at radius 3 is 2.48 bits per heavy atom. The Kier molecular flexibility index (Phi) is 5.04. The highest BCUT2D eigenvalue weighted by molar-refractivity contribution is 7.92. The molecular weight excluding hydrogens is 338 g/mol. The van der Waals surface area contributed by atoms with Crippen molar-refractivity contribution in [3.8, 4) is 0 Å². The molecule has 0 aliphatic rings. The number of nitrogens with one attached hydrogen (secondary N) is 1. The van der Waals surface area contributed by atoms with Crippen molar-refractivity contribution in [1.82, 2.24) is 4.98 Å². The second-order valence-corrected chi connectivity index (χ2v) is 7.18. The Hall–Kier alpha value is -2.80. The fourth-order valence-corrected chi connectivity index (χ4v) is 3.86. The third kappa shape index (κ3) is 3.83. The predicted octanol–water partition coefficient (Wildman–Crippen LogP) is 3.50. The van der Waals surface area contributed by atoms with E-state index in [0.717, 1.165) is 5.76 Å². The van der Waals surface area contributed by atoms with Gasteiger partial charge in [0.2, 0.25) is 0 Å². The molecule has 2 aromatic heterocycles. The third-order valence-corrected chi connectivity index (χ3v) is 5.57. The van der Waals surface area contributed by atoms with Gasteiger partial charge in [0.25, 0.3) is 10.0 Å². The van der Waals surface area contributed by atoms with Gasteiger partial charge in [-0.1, -0.05) is 18.2 Å². The summed E-state index contributed by atoms with van der Waals surface area (Å²) < 4.78 is 32.3. The van der Waals surface area contributed by atoms with Gasteiger partial charge in [0.15, 0.2) is 0 Å². The second kappa shape index (κ2) is 7.40. The van der Waals surface area contributed by atoms with Crippen LogP contribution in [-0.2, 0) is 16.6 Å². The molecule has 0 amide bonds. The molecule has 2 heterocycles. The topological polar surface area (TPSA) is 75.4 Å². The average molecular weight is 357 g/mol. The molecule has 0 aliphatic heterocycles. The highest BCUT2D eigenvalue weighted by Crippen LogP contribution is 2.23. The van der Waals surface area contributed by atoms with E-state index in [0.29, 0.717) is 24.6 Å². The van der Waals surface area contributed by atoms with Crippen LogP contribution in [0.5, 0.6) is 0 Å². The van der Waals surface area contributed by atoms with Crippen molar-refractivity contribution >= 4 is 21.5 Å². The van der Waals surface area contributed by atoms with E-state index < -0.39 is 10.0 Å². The van der Waals surface area contributed by atoms with Crippen LogP contribution in [0.25, 0.3) is 0 Å². The first-order valence-corrected chi connectivity index (χ1v) is 9.35. The van der Waals surface area contributed by atoms with E-state index in [1.165, 1.54) is 10.5 Å². The number of para-hydroxylation sites is 1. The molecule has 6 nitrogen and oxygen atoms in total. The molecule has 0 saturated heterocycles. The largest absolute Gasteiger partial charge is 0.467 e. The summed E-state index contributed by atoms with van der Waals surface area (Å²) >= 11 is 0. The number of benzene rings is 1. The summed E-state index contributed by atoms with van der Waals surface area (Å²) in [6.45, 7) is 2.62. The average Bonchev–Trinajstić information content (AvgIpc) is 3.15. The zero-order valence-electron chi connectivity index (χ0n) is 13.8. The van der Waals surface area contributed by atoms with Gasteiger partial charge in [0.1, 0.15) is 16.5 Å². The predicted molar refractivity (Wildman–Crippen MR) is 96.9 cm³/mol. The molecule has 1 aromatic carbocycles. The normalized spacial score (nSPS) is 11.2. The van der Waals surface area contributed by atoms with Crippen molar-refractivity contribution in [2.24, 2.45) is 0 Å². The lowest BCUT2D eigenvalue weighted by Gasteiger charge is -2.22. The summed E-state index contributed by atoms with van der Waals surface area (Å²) in [6.07, 6.45) is 2.97. The van der Waals surface area contributed by atoms with Gasteiger partial charge in [-0.2, -0.15) is 0 Å². The van der Waals surface area contributed by atoms with Crippen LogP contribution in [0.3, 0.4) is 0 Å². The lowest BCUT2D eigenvalue weighted by atomic mass is 10.3. The van der Waals surface area contributed by atoms with Crippen molar-refractivity contribution in [3.63, 3.8) is 0 Å². The number of rotatable bonds is 7.